The summed E-state index contributed by atoms with van der Waals surface area (Å²) in [5, 5.41) is 10.2. The molecule has 14 heavy (non-hydrogen) atoms. The fraction of sp³-hybridized carbons (Fsp3) is 0.846. The lowest BCUT2D eigenvalue weighted by molar-refractivity contribution is 0.0417. The van der Waals surface area contributed by atoms with Crippen LogP contribution in [-0.2, 0) is 0 Å². The zero-order valence-electron chi connectivity index (χ0n) is 9.43. The Hall–Kier alpha value is -0.300. The van der Waals surface area contributed by atoms with Gasteiger partial charge in [-0.3, -0.25) is 0 Å². The van der Waals surface area contributed by atoms with Gasteiger partial charge in [0, 0.05) is 0 Å². The average molecular weight is 192 g/mol. The van der Waals surface area contributed by atoms with E-state index in [1.54, 1.807) is 5.57 Å². The summed E-state index contributed by atoms with van der Waals surface area (Å²) < 4.78 is 0. The first-order valence-electron chi connectivity index (χ1n) is 5.76. The van der Waals surface area contributed by atoms with Gasteiger partial charge in [-0.15, -0.1) is 0 Å². The fourth-order valence-corrected chi connectivity index (χ4v) is 4.73. The molecule has 1 nitrogen and oxygen atoms in total. The maximum absolute atomic E-state index is 10.2. The minimum atomic E-state index is -0.541. The lowest BCUT2D eigenvalue weighted by atomic mass is 9.58. The molecule has 0 aliphatic heterocycles. The zero-order valence-corrected chi connectivity index (χ0v) is 9.43. The van der Waals surface area contributed by atoms with Gasteiger partial charge in [0.2, 0.25) is 0 Å². The predicted octanol–water partition coefficient (Wildman–Crippen LogP) is 2.89. The summed E-state index contributed by atoms with van der Waals surface area (Å²) in [6, 6.07) is 0. The molecule has 4 atom stereocenters. The van der Waals surface area contributed by atoms with Crippen LogP contribution in [0.25, 0.3) is 0 Å². The van der Waals surface area contributed by atoms with Crippen molar-refractivity contribution < 1.29 is 5.11 Å². The molecule has 3 aliphatic carbocycles. The number of rotatable bonds is 0. The zero-order chi connectivity index (χ0) is 10.2. The molecule has 0 saturated heterocycles. The van der Waals surface area contributed by atoms with Crippen LogP contribution >= 0.6 is 0 Å². The van der Waals surface area contributed by atoms with E-state index in [2.05, 4.69) is 19.9 Å². The van der Waals surface area contributed by atoms with Crippen LogP contribution in [0.2, 0.25) is 0 Å². The summed E-state index contributed by atoms with van der Waals surface area (Å²) in [5.41, 5.74) is 1.97. The molecule has 0 aromatic carbocycles. The summed E-state index contributed by atoms with van der Waals surface area (Å²) in [6.45, 7) is 6.77. The standard InChI is InChI=1S/C13H20O/c1-11-6-10-9(4-12(10,2)7-11)5-13(3,14)8-11/h5,10,14H,4,6-8H2,1-3H3. The largest absolute Gasteiger partial charge is 0.386 e. The van der Waals surface area contributed by atoms with Gasteiger partial charge in [-0.05, 0) is 49.4 Å². The van der Waals surface area contributed by atoms with Gasteiger partial charge in [-0.2, -0.15) is 0 Å². The van der Waals surface area contributed by atoms with Gasteiger partial charge in [0.15, 0.2) is 0 Å². The maximum Gasteiger partial charge on any atom is 0.0807 e. The Morgan fingerprint density at radius 1 is 1.29 bits per heavy atom. The lowest BCUT2D eigenvalue weighted by Crippen LogP contribution is -2.39. The molecule has 2 fully saturated rings. The Balaban J connectivity index is 2.07. The molecule has 1 N–H and O–H groups in total. The van der Waals surface area contributed by atoms with Crippen LogP contribution in [0.4, 0.5) is 0 Å². The molecule has 1 heteroatoms. The first kappa shape index (κ1) is 8.96. The van der Waals surface area contributed by atoms with Crippen molar-refractivity contribution in [2.24, 2.45) is 16.7 Å². The number of allylic oxidation sites excluding steroid dienone is 1. The Bertz CT molecular complexity index is 328. The third-order valence-corrected chi connectivity index (χ3v) is 4.71. The second-order valence-corrected chi connectivity index (χ2v) is 6.83. The molecule has 2 saturated carbocycles. The summed E-state index contributed by atoms with van der Waals surface area (Å²) in [7, 11) is 0. The molecular weight excluding hydrogens is 172 g/mol. The van der Waals surface area contributed by atoms with Crippen molar-refractivity contribution in [3.63, 3.8) is 0 Å². The molecule has 0 aromatic rings. The van der Waals surface area contributed by atoms with Gasteiger partial charge in [0.1, 0.15) is 0 Å². The second kappa shape index (κ2) is 2.11. The Morgan fingerprint density at radius 2 is 2.00 bits per heavy atom. The van der Waals surface area contributed by atoms with E-state index >= 15 is 0 Å². The Morgan fingerprint density at radius 3 is 2.71 bits per heavy atom. The molecular formula is C13H20O. The van der Waals surface area contributed by atoms with E-state index in [0.29, 0.717) is 10.8 Å². The van der Waals surface area contributed by atoms with Gasteiger partial charge in [0.05, 0.1) is 5.60 Å². The van der Waals surface area contributed by atoms with Crippen LogP contribution in [-0.4, -0.2) is 10.7 Å². The van der Waals surface area contributed by atoms with Crippen molar-refractivity contribution in [2.75, 3.05) is 0 Å². The van der Waals surface area contributed by atoms with Gasteiger partial charge in [-0.1, -0.05) is 25.5 Å². The lowest BCUT2D eigenvalue weighted by Gasteiger charge is -2.47. The molecule has 0 amide bonds. The molecule has 0 spiro atoms. The van der Waals surface area contributed by atoms with Crippen molar-refractivity contribution in [1.29, 1.82) is 0 Å². The van der Waals surface area contributed by atoms with Crippen molar-refractivity contribution in [1.82, 2.24) is 0 Å². The van der Waals surface area contributed by atoms with E-state index in [9.17, 15) is 5.11 Å². The van der Waals surface area contributed by atoms with Crippen molar-refractivity contribution >= 4 is 0 Å². The minimum Gasteiger partial charge on any atom is -0.386 e. The number of aliphatic hydroxyl groups is 1. The fourth-order valence-electron chi connectivity index (χ4n) is 4.73. The van der Waals surface area contributed by atoms with Gasteiger partial charge < -0.3 is 5.11 Å². The van der Waals surface area contributed by atoms with E-state index in [1.165, 1.54) is 19.3 Å². The highest BCUT2D eigenvalue weighted by Crippen LogP contribution is 2.69. The first-order chi connectivity index (χ1) is 6.32. The SMILES string of the molecule is CC1(O)C=C2CC3(C)CC(C)(CC23)C1. The van der Waals surface area contributed by atoms with E-state index in [0.717, 1.165) is 12.3 Å². The van der Waals surface area contributed by atoms with Crippen LogP contribution in [0.1, 0.15) is 46.5 Å². The predicted molar refractivity (Wildman–Crippen MR) is 56.9 cm³/mol. The highest BCUT2D eigenvalue weighted by molar-refractivity contribution is 5.33. The third kappa shape index (κ3) is 0.995. The molecule has 2 bridgehead atoms. The molecule has 0 aromatic heterocycles. The number of fused-ring (bicyclic) bond motifs is 1. The van der Waals surface area contributed by atoms with Crippen LogP contribution in [0.5, 0.6) is 0 Å². The van der Waals surface area contributed by atoms with Gasteiger partial charge in [-0.25, -0.2) is 0 Å². The van der Waals surface area contributed by atoms with Crippen LogP contribution < -0.4 is 0 Å². The molecule has 4 unspecified atom stereocenters. The summed E-state index contributed by atoms with van der Waals surface area (Å²) in [6.07, 6.45) is 6.98. The normalized spacial score (nSPS) is 60.3. The monoisotopic (exact) mass is 192 g/mol. The van der Waals surface area contributed by atoms with Crippen LogP contribution in [0.15, 0.2) is 11.6 Å². The van der Waals surface area contributed by atoms with Gasteiger partial charge in [0.25, 0.3) is 0 Å². The van der Waals surface area contributed by atoms with Crippen molar-refractivity contribution in [3.05, 3.63) is 11.6 Å². The Labute approximate surface area is 86.2 Å². The minimum absolute atomic E-state index is 0.387. The average Bonchev–Trinajstić information content (AvgIpc) is 2.08. The second-order valence-electron chi connectivity index (χ2n) is 6.83. The number of hydrogen-bond donors (Lipinski definition) is 1. The van der Waals surface area contributed by atoms with E-state index in [-0.39, 0.29) is 0 Å². The topological polar surface area (TPSA) is 20.2 Å². The summed E-state index contributed by atoms with van der Waals surface area (Å²) >= 11 is 0. The Kier molecular flexibility index (Phi) is 1.35. The highest BCUT2D eigenvalue weighted by atomic mass is 16.3. The summed E-state index contributed by atoms with van der Waals surface area (Å²) in [5.74, 6) is 0.793. The van der Waals surface area contributed by atoms with Crippen LogP contribution in [0, 0.1) is 16.7 Å². The number of hydrogen-bond acceptors (Lipinski definition) is 1. The molecule has 78 valence electrons. The molecule has 0 heterocycles. The van der Waals surface area contributed by atoms with Crippen molar-refractivity contribution in [3.8, 4) is 0 Å². The van der Waals surface area contributed by atoms with E-state index in [4.69, 9.17) is 0 Å². The maximum atomic E-state index is 10.2. The van der Waals surface area contributed by atoms with Crippen LogP contribution in [0.3, 0.4) is 0 Å². The highest BCUT2D eigenvalue weighted by Gasteiger charge is 2.60. The first-order valence-corrected chi connectivity index (χ1v) is 5.76. The van der Waals surface area contributed by atoms with Crippen molar-refractivity contribution in [2.45, 2.75) is 52.1 Å². The summed E-state index contributed by atoms with van der Waals surface area (Å²) in [4.78, 5) is 0. The van der Waals surface area contributed by atoms with E-state index < -0.39 is 5.60 Å². The molecule has 3 rings (SSSR count). The smallest absolute Gasteiger partial charge is 0.0807 e. The third-order valence-electron chi connectivity index (χ3n) is 4.71. The van der Waals surface area contributed by atoms with E-state index in [1.807, 2.05) is 6.92 Å². The quantitative estimate of drug-likeness (QED) is 0.585. The molecule has 3 aliphatic rings. The molecule has 0 radical (unpaired) electrons. The van der Waals surface area contributed by atoms with Gasteiger partial charge >= 0.3 is 0 Å².